The van der Waals surface area contributed by atoms with Crippen LogP contribution in [-0.4, -0.2) is 36.7 Å². The lowest BCUT2D eigenvalue weighted by molar-refractivity contribution is 0.178. The largest absolute Gasteiger partial charge is 0.377 e. The van der Waals surface area contributed by atoms with Crippen LogP contribution in [0.3, 0.4) is 0 Å². The Morgan fingerprint density at radius 3 is 2.55 bits per heavy atom. The third kappa shape index (κ3) is 4.63. The molecule has 0 radical (unpaired) electrons. The van der Waals surface area contributed by atoms with E-state index in [0.717, 1.165) is 24.6 Å². The van der Waals surface area contributed by atoms with E-state index in [9.17, 15) is 0 Å². The molecule has 0 aliphatic rings. The van der Waals surface area contributed by atoms with E-state index in [1.165, 1.54) is 0 Å². The molecular formula is C15H28N4O. The molecule has 0 saturated carbocycles. The second-order valence-corrected chi connectivity index (χ2v) is 5.48. The maximum absolute atomic E-state index is 5.16. The molecule has 0 aliphatic carbocycles. The van der Waals surface area contributed by atoms with Crippen molar-refractivity contribution in [2.24, 2.45) is 5.92 Å². The highest BCUT2D eigenvalue weighted by Gasteiger charge is 2.16. The van der Waals surface area contributed by atoms with Crippen LogP contribution in [0.15, 0.2) is 6.07 Å². The summed E-state index contributed by atoms with van der Waals surface area (Å²) in [6.07, 6.45) is 1.07. The predicted molar refractivity (Wildman–Crippen MR) is 84.2 cm³/mol. The molecule has 1 N–H and O–H groups in total. The molecular weight excluding hydrogens is 252 g/mol. The molecule has 0 amide bonds. The average Bonchev–Trinajstić information content (AvgIpc) is 2.43. The molecule has 20 heavy (non-hydrogen) atoms. The van der Waals surface area contributed by atoms with E-state index in [1.807, 2.05) is 6.07 Å². The highest BCUT2D eigenvalue weighted by molar-refractivity contribution is 5.49. The summed E-state index contributed by atoms with van der Waals surface area (Å²) in [6, 6.07) is 2.42. The Labute approximate surface area is 122 Å². The molecule has 0 aliphatic heterocycles. The number of anilines is 2. The Morgan fingerprint density at radius 2 is 2.00 bits per heavy atom. The normalized spacial score (nSPS) is 12.6. The Kier molecular flexibility index (Phi) is 6.71. The molecule has 1 unspecified atom stereocenters. The third-order valence-electron chi connectivity index (χ3n) is 3.53. The zero-order chi connectivity index (χ0) is 15.1. The summed E-state index contributed by atoms with van der Waals surface area (Å²) in [4.78, 5) is 11.3. The van der Waals surface area contributed by atoms with Crippen molar-refractivity contribution in [3.8, 4) is 0 Å². The monoisotopic (exact) mass is 280 g/mol. The lowest BCUT2D eigenvalue weighted by atomic mass is 10.1. The van der Waals surface area contributed by atoms with Gasteiger partial charge < -0.3 is 15.0 Å². The average molecular weight is 280 g/mol. The Hall–Kier alpha value is -1.36. The van der Waals surface area contributed by atoms with Crippen LogP contribution in [0.25, 0.3) is 0 Å². The minimum absolute atomic E-state index is 0.416. The fourth-order valence-electron chi connectivity index (χ4n) is 1.86. The Morgan fingerprint density at radius 1 is 1.30 bits per heavy atom. The van der Waals surface area contributed by atoms with Crippen molar-refractivity contribution in [2.75, 3.05) is 30.9 Å². The first-order valence-corrected chi connectivity index (χ1v) is 7.33. The number of hydrogen-bond donors (Lipinski definition) is 1. The zero-order valence-electron chi connectivity index (χ0n) is 13.6. The Balaban J connectivity index is 3.00. The van der Waals surface area contributed by atoms with Crippen LogP contribution in [0.4, 0.5) is 11.6 Å². The minimum Gasteiger partial charge on any atom is -0.377 e. The number of nitrogens with zero attached hydrogens (tertiary/aromatic N) is 3. The van der Waals surface area contributed by atoms with Crippen molar-refractivity contribution in [1.82, 2.24) is 9.97 Å². The molecule has 0 aromatic carbocycles. The van der Waals surface area contributed by atoms with E-state index < -0.39 is 0 Å². The summed E-state index contributed by atoms with van der Waals surface area (Å²) in [5.74, 6) is 3.08. The quantitative estimate of drug-likeness (QED) is 0.793. The molecule has 5 heteroatoms. The van der Waals surface area contributed by atoms with Crippen molar-refractivity contribution in [3.05, 3.63) is 11.9 Å². The van der Waals surface area contributed by atoms with Gasteiger partial charge in [0, 0.05) is 32.8 Å². The van der Waals surface area contributed by atoms with Gasteiger partial charge in [0.2, 0.25) is 0 Å². The van der Waals surface area contributed by atoms with Gasteiger partial charge in [-0.2, -0.15) is 0 Å². The zero-order valence-corrected chi connectivity index (χ0v) is 13.6. The third-order valence-corrected chi connectivity index (χ3v) is 3.53. The van der Waals surface area contributed by atoms with E-state index in [0.29, 0.717) is 24.4 Å². The van der Waals surface area contributed by atoms with Crippen LogP contribution in [0, 0.1) is 5.92 Å². The molecule has 114 valence electrons. The fourth-order valence-corrected chi connectivity index (χ4v) is 1.86. The number of rotatable bonds is 8. The first kappa shape index (κ1) is 16.7. The van der Waals surface area contributed by atoms with Gasteiger partial charge in [-0.25, -0.2) is 9.97 Å². The van der Waals surface area contributed by atoms with E-state index >= 15 is 0 Å². The molecule has 1 aromatic heterocycles. The highest BCUT2D eigenvalue weighted by atomic mass is 16.5. The first-order valence-electron chi connectivity index (χ1n) is 7.33. The van der Waals surface area contributed by atoms with E-state index in [4.69, 9.17) is 4.74 Å². The lowest BCUT2D eigenvalue weighted by Crippen LogP contribution is -2.34. The van der Waals surface area contributed by atoms with Gasteiger partial charge in [0.15, 0.2) is 5.82 Å². The molecule has 1 atom stereocenters. The van der Waals surface area contributed by atoms with E-state index in [1.54, 1.807) is 7.11 Å². The summed E-state index contributed by atoms with van der Waals surface area (Å²) in [5.41, 5.74) is 0. The summed E-state index contributed by atoms with van der Waals surface area (Å²) >= 11 is 0. The van der Waals surface area contributed by atoms with Gasteiger partial charge in [0.25, 0.3) is 0 Å². The first-order chi connectivity index (χ1) is 9.49. The van der Waals surface area contributed by atoms with Gasteiger partial charge in [-0.1, -0.05) is 20.8 Å². The van der Waals surface area contributed by atoms with Gasteiger partial charge in [0.05, 0.1) is 0 Å². The van der Waals surface area contributed by atoms with Crippen molar-refractivity contribution >= 4 is 11.6 Å². The van der Waals surface area contributed by atoms with Crippen molar-refractivity contribution in [2.45, 2.75) is 46.8 Å². The van der Waals surface area contributed by atoms with Gasteiger partial charge in [-0.3, -0.25) is 0 Å². The topological polar surface area (TPSA) is 50.3 Å². The van der Waals surface area contributed by atoms with Crippen LogP contribution < -0.4 is 10.2 Å². The van der Waals surface area contributed by atoms with Gasteiger partial charge in [-0.05, 0) is 19.3 Å². The van der Waals surface area contributed by atoms with Crippen molar-refractivity contribution in [1.29, 1.82) is 0 Å². The summed E-state index contributed by atoms with van der Waals surface area (Å²) in [6.45, 7) is 10.1. The predicted octanol–water partition coefficient (Wildman–Crippen LogP) is 2.93. The number of ether oxygens (including phenoxy) is 1. The van der Waals surface area contributed by atoms with Gasteiger partial charge in [0.1, 0.15) is 18.2 Å². The fraction of sp³-hybridized carbons (Fsp3) is 0.733. The summed E-state index contributed by atoms with van der Waals surface area (Å²) < 4.78 is 5.16. The van der Waals surface area contributed by atoms with Crippen molar-refractivity contribution < 1.29 is 4.74 Å². The number of hydrogen-bond acceptors (Lipinski definition) is 5. The van der Waals surface area contributed by atoms with Gasteiger partial charge >= 0.3 is 0 Å². The Bertz CT molecular complexity index is 409. The van der Waals surface area contributed by atoms with Crippen LogP contribution in [0.5, 0.6) is 0 Å². The highest BCUT2D eigenvalue weighted by Crippen LogP contribution is 2.20. The molecule has 0 spiro atoms. The molecule has 1 rings (SSSR count). The summed E-state index contributed by atoms with van der Waals surface area (Å²) in [5, 5.41) is 3.32. The molecule has 0 fully saturated rings. The maximum atomic E-state index is 5.16. The van der Waals surface area contributed by atoms with Crippen LogP contribution in [0.1, 0.15) is 39.9 Å². The smallest absolute Gasteiger partial charge is 0.158 e. The maximum Gasteiger partial charge on any atom is 0.158 e. The SMILES string of the molecule is CCCNc1cc(N(C)C(C)C(C)C)nc(COC)n1. The molecule has 0 saturated heterocycles. The minimum atomic E-state index is 0.416. The number of aromatic nitrogens is 2. The second kappa shape index (κ2) is 8.04. The molecule has 0 bridgehead atoms. The van der Waals surface area contributed by atoms with Crippen LogP contribution in [-0.2, 0) is 11.3 Å². The van der Waals surface area contributed by atoms with Gasteiger partial charge in [-0.15, -0.1) is 0 Å². The molecule has 1 heterocycles. The van der Waals surface area contributed by atoms with E-state index in [-0.39, 0.29) is 0 Å². The number of nitrogens with one attached hydrogen (secondary N) is 1. The lowest BCUT2D eigenvalue weighted by Gasteiger charge is -2.29. The summed E-state index contributed by atoms with van der Waals surface area (Å²) in [7, 11) is 3.74. The standard InChI is InChI=1S/C15H28N4O/c1-7-8-16-13-9-15(18-14(17-13)10-20-6)19(5)12(4)11(2)3/h9,11-12H,7-8,10H2,1-6H3,(H,16,17,18). The second-order valence-electron chi connectivity index (χ2n) is 5.48. The number of methoxy groups -OCH3 is 1. The van der Waals surface area contributed by atoms with Crippen molar-refractivity contribution in [3.63, 3.8) is 0 Å². The van der Waals surface area contributed by atoms with Crippen LogP contribution >= 0.6 is 0 Å². The van der Waals surface area contributed by atoms with Crippen LogP contribution in [0.2, 0.25) is 0 Å². The molecule has 5 nitrogen and oxygen atoms in total. The van der Waals surface area contributed by atoms with E-state index in [2.05, 4.69) is 54.9 Å². The molecule has 1 aromatic rings.